The van der Waals surface area contributed by atoms with Crippen LogP contribution in [0.2, 0.25) is 0 Å². The molecule has 1 aromatic heterocycles. The van der Waals surface area contributed by atoms with Gasteiger partial charge in [0.25, 0.3) is 0 Å². The number of aliphatic hydroxyl groups excluding tert-OH is 1. The molecule has 0 radical (unpaired) electrons. The molecule has 0 unspecified atom stereocenters. The summed E-state index contributed by atoms with van der Waals surface area (Å²) in [4.78, 5) is 23.8. The van der Waals surface area contributed by atoms with Crippen molar-refractivity contribution in [3.63, 3.8) is 0 Å². The molecule has 1 aromatic rings. The van der Waals surface area contributed by atoms with E-state index in [2.05, 4.69) is 14.8 Å². The number of carbonyl (C=O) groups excluding carboxylic acids is 1. The number of amides is 1. The molecule has 0 spiro atoms. The Bertz CT molecular complexity index is 529. The van der Waals surface area contributed by atoms with E-state index in [1.807, 2.05) is 36.2 Å². The highest BCUT2D eigenvalue weighted by molar-refractivity contribution is 5.80. The van der Waals surface area contributed by atoms with E-state index in [0.29, 0.717) is 6.54 Å². The molecule has 2 atom stereocenters. The van der Waals surface area contributed by atoms with Crippen LogP contribution >= 0.6 is 0 Å². The number of anilines is 1. The second-order valence-electron chi connectivity index (χ2n) is 6.95. The number of rotatable bonds is 4. The molecule has 2 aliphatic heterocycles. The van der Waals surface area contributed by atoms with Crippen molar-refractivity contribution in [1.82, 2.24) is 14.8 Å². The first kappa shape index (κ1) is 17.2. The van der Waals surface area contributed by atoms with E-state index in [1.54, 1.807) is 0 Å². The zero-order valence-electron chi connectivity index (χ0n) is 14.5. The van der Waals surface area contributed by atoms with Crippen molar-refractivity contribution in [3.05, 3.63) is 24.4 Å². The van der Waals surface area contributed by atoms with Gasteiger partial charge in [-0.05, 0) is 31.9 Å². The molecule has 132 valence electrons. The topological polar surface area (TPSA) is 59.9 Å². The molecule has 0 bridgehead atoms. The van der Waals surface area contributed by atoms with Crippen LogP contribution in [0.15, 0.2) is 24.4 Å². The van der Waals surface area contributed by atoms with E-state index < -0.39 is 0 Å². The number of hydrogen-bond acceptors (Lipinski definition) is 5. The van der Waals surface area contributed by atoms with E-state index in [1.165, 1.54) is 0 Å². The number of pyridine rings is 1. The van der Waals surface area contributed by atoms with Gasteiger partial charge in [0.05, 0.1) is 12.0 Å². The molecule has 3 heterocycles. The summed E-state index contributed by atoms with van der Waals surface area (Å²) >= 11 is 0. The summed E-state index contributed by atoms with van der Waals surface area (Å²) in [5, 5.41) is 9.49. The molecular formula is C18H28N4O2. The maximum Gasteiger partial charge on any atom is 0.227 e. The van der Waals surface area contributed by atoms with Gasteiger partial charge in [0.2, 0.25) is 5.91 Å². The Kier molecular flexibility index (Phi) is 5.68. The van der Waals surface area contributed by atoms with Crippen molar-refractivity contribution in [2.45, 2.75) is 25.9 Å². The molecule has 2 saturated heterocycles. The molecule has 1 amide bonds. The first-order valence-electron chi connectivity index (χ1n) is 8.98. The Balaban J connectivity index is 1.54. The second kappa shape index (κ2) is 7.94. The Labute approximate surface area is 144 Å². The summed E-state index contributed by atoms with van der Waals surface area (Å²) < 4.78 is 0. The van der Waals surface area contributed by atoms with Gasteiger partial charge in [-0.1, -0.05) is 6.07 Å². The zero-order chi connectivity index (χ0) is 16.9. The number of piperidine rings is 1. The fourth-order valence-corrected chi connectivity index (χ4v) is 3.71. The monoisotopic (exact) mass is 332 g/mol. The number of β-amino-alcohol motifs (C(OH)–C–C–N with tert-alkyl or cyclic N) is 1. The molecule has 6 heteroatoms. The molecule has 0 aromatic carbocycles. The minimum absolute atomic E-state index is 0.0732. The number of nitrogens with zero attached hydrogens (tertiary/aromatic N) is 4. The first-order chi connectivity index (χ1) is 11.6. The van der Waals surface area contributed by atoms with Gasteiger partial charge in [0.1, 0.15) is 5.82 Å². The molecule has 3 rings (SSSR count). The predicted molar refractivity (Wildman–Crippen MR) is 93.9 cm³/mol. The van der Waals surface area contributed by atoms with E-state index in [-0.39, 0.29) is 17.9 Å². The lowest BCUT2D eigenvalue weighted by atomic mass is 9.96. The molecule has 0 aliphatic carbocycles. The van der Waals surface area contributed by atoms with Gasteiger partial charge in [-0.3, -0.25) is 9.69 Å². The molecule has 2 fully saturated rings. The number of hydrogen-bond donors (Lipinski definition) is 1. The lowest BCUT2D eigenvalue weighted by Crippen LogP contribution is -2.53. The third-order valence-corrected chi connectivity index (χ3v) is 4.95. The van der Waals surface area contributed by atoms with Crippen molar-refractivity contribution in [2.75, 3.05) is 50.7 Å². The highest BCUT2D eigenvalue weighted by Gasteiger charge is 2.31. The van der Waals surface area contributed by atoms with Gasteiger partial charge >= 0.3 is 0 Å². The summed E-state index contributed by atoms with van der Waals surface area (Å²) in [7, 11) is 0. The fraction of sp³-hybridized carbons (Fsp3) is 0.667. The summed E-state index contributed by atoms with van der Waals surface area (Å²) in [6, 6.07) is 5.93. The minimum Gasteiger partial charge on any atom is -0.392 e. The smallest absolute Gasteiger partial charge is 0.227 e. The quantitative estimate of drug-likeness (QED) is 0.885. The third-order valence-electron chi connectivity index (χ3n) is 4.95. The molecule has 1 N–H and O–H groups in total. The molecular weight excluding hydrogens is 304 g/mol. The Hall–Kier alpha value is -1.66. The van der Waals surface area contributed by atoms with Crippen LogP contribution in [-0.4, -0.2) is 77.7 Å². The van der Waals surface area contributed by atoms with Crippen LogP contribution in [-0.2, 0) is 4.79 Å². The van der Waals surface area contributed by atoms with Crippen molar-refractivity contribution in [3.8, 4) is 0 Å². The van der Waals surface area contributed by atoms with E-state index in [0.717, 1.165) is 57.9 Å². The van der Waals surface area contributed by atoms with Crippen LogP contribution in [0.25, 0.3) is 0 Å². The van der Waals surface area contributed by atoms with Crippen LogP contribution in [0.4, 0.5) is 5.82 Å². The number of carbonyl (C=O) groups is 1. The predicted octanol–water partition coefficient (Wildman–Crippen LogP) is 0.823. The number of aliphatic hydroxyl groups is 1. The van der Waals surface area contributed by atoms with Gasteiger partial charge in [0.15, 0.2) is 0 Å². The normalized spacial score (nSPS) is 24.0. The third kappa shape index (κ3) is 4.24. The first-order valence-corrected chi connectivity index (χ1v) is 8.98. The largest absolute Gasteiger partial charge is 0.392 e. The number of aromatic nitrogens is 1. The summed E-state index contributed by atoms with van der Waals surface area (Å²) in [5.74, 6) is 1.33. The van der Waals surface area contributed by atoms with Crippen LogP contribution in [0, 0.1) is 5.92 Å². The second-order valence-corrected chi connectivity index (χ2v) is 6.95. The molecule has 24 heavy (non-hydrogen) atoms. The van der Waals surface area contributed by atoms with Gasteiger partial charge in [-0.25, -0.2) is 4.98 Å². The van der Waals surface area contributed by atoms with Crippen LogP contribution in [0.1, 0.15) is 19.8 Å². The standard InChI is InChI=1S/C18H28N4O2/c1-15(23)13-20-9-11-21(12-10-20)18(24)16-5-4-8-22(14-16)17-6-2-3-7-19-17/h2-3,6-7,15-16,23H,4-5,8-14H2,1H3/t15-,16-/m0/s1. The van der Waals surface area contributed by atoms with E-state index in [9.17, 15) is 9.90 Å². The van der Waals surface area contributed by atoms with Crippen molar-refractivity contribution < 1.29 is 9.90 Å². The van der Waals surface area contributed by atoms with Crippen LogP contribution in [0.5, 0.6) is 0 Å². The molecule has 2 aliphatic rings. The summed E-state index contributed by atoms with van der Waals surface area (Å²) in [5.41, 5.74) is 0. The fourth-order valence-electron chi connectivity index (χ4n) is 3.71. The highest BCUT2D eigenvalue weighted by atomic mass is 16.3. The highest BCUT2D eigenvalue weighted by Crippen LogP contribution is 2.23. The van der Waals surface area contributed by atoms with Gasteiger partial charge in [-0.2, -0.15) is 0 Å². The van der Waals surface area contributed by atoms with Gasteiger partial charge in [0, 0.05) is 52.0 Å². The van der Waals surface area contributed by atoms with Crippen molar-refractivity contribution in [1.29, 1.82) is 0 Å². The Morgan fingerprint density at radius 3 is 2.75 bits per heavy atom. The van der Waals surface area contributed by atoms with Crippen LogP contribution < -0.4 is 4.90 Å². The minimum atomic E-state index is -0.308. The van der Waals surface area contributed by atoms with Crippen molar-refractivity contribution in [2.24, 2.45) is 5.92 Å². The average Bonchev–Trinajstić information content (AvgIpc) is 2.62. The van der Waals surface area contributed by atoms with E-state index >= 15 is 0 Å². The molecule has 6 nitrogen and oxygen atoms in total. The average molecular weight is 332 g/mol. The zero-order valence-corrected chi connectivity index (χ0v) is 14.5. The lowest BCUT2D eigenvalue weighted by Gasteiger charge is -2.39. The summed E-state index contributed by atoms with van der Waals surface area (Å²) in [6.07, 6.45) is 3.50. The molecule has 0 saturated carbocycles. The maximum atomic E-state index is 12.9. The summed E-state index contributed by atoms with van der Waals surface area (Å²) in [6.45, 7) is 7.50. The van der Waals surface area contributed by atoms with Crippen LogP contribution in [0.3, 0.4) is 0 Å². The van der Waals surface area contributed by atoms with Gasteiger partial charge < -0.3 is 14.9 Å². The lowest BCUT2D eigenvalue weighted by molar-refractivity contribution is -0.137. The maximum absolute atomic E-state index is 12.9. The SMILES string of the molecule is C[C@H](O)CN1CCN(C(=O)[C@H]2CCCN(c3ccccn3)C2)CC1. The van der Waals surface area contributed by atoms with Gasteiger partial charge in [-0.15, -0.1) is 0 Å². The number of piperazine rings is 1. The van der Waals surface area contributed by atoms with Crippen molar-refractivity contribution >= 4 is 11.7 Å². The Morgan fingerprint density at radius 2 is 2.08 bits per heavy atom. The van der Waals surface area contributed by atoms with E-state index in [4.69, 9.17) is 0 Å². The Morgan fingerprint density at radius 1 is 1.29 bits per heavy atom.